The van der Waals surface area contributed by atoms with E-state index in [2.05, 4.69) is 42.2 Å². The molecule has 0 spiro atoms. The second-order valence-electron chi connectivity index (χ2n) is 3.57. The van der Waals surface area contributed by atoms with Crippen LogP contribution in [0.25, 0.3) is 0 Å². The summed E-state index contributed by atoms with van der Waals surface area (Å²) in [5.41, 5.74) is 0.256. The van der Waals surface area contributed by atoms with Gasteiger partial charge < -0.3 is 5.32 Å². The van der Waals surface area contributed by atoms with E-state index in [4.69, 9.17) is 0 Å². The summed E-state index contributed by atoms with van der Waals surface area (Å²) in [5, 5.41) is 2.94. The van der Waals surface area contributed by atoms with Crippen LogP contribution in [0.1, 0.15) is 5.56 Å². The van der Waals surface area contributed by atoms with Crippen LogP contribution in [0.5, 0.6) is 0 Å². The predicted molar refractivity (Wildman–Crippen MR) is 73.3 cm³/mol. The van der Waals surface area contributed by atoms with Crippen molar-refractivity contribution in [2.45, 2.75) is 6.54 Å². The van der Waals surface area contributed by atoms with E-state index < -0.39 is 11.6 Å². The molecule has 0 aliphatic rings. The zero-order valence-electron chi connectivity index (χ0n) is 9.05. The normalized spacial score (nSPS) is 10.4. The third-order valence-electron chi connectivity index (χ3n) is 2.26. The topological polar surface area (TPSA) is 24.9 Å². The highest BCUT2D eigenvalue weighted by Gasteiger charge is 2.06. The van der Waals surface area contributed by atoms with Gasteiger partial charge in [0.1, 0.15) is 17.5 Å². The van der Waals surface area contributed by atoms with E-state index in [0.29, 0.717) is 5.82 Å². The Kier molecular flexibility index (Phi) is 4.29. The first-order valence-electron chi connectivity index (χ1n) is 5.05. The molecule has 2 nitrogen and oxygen atoms in total. The van der Waals surface area contributed by atoms with E-state index in [-0.39, 0.29) is 12.1 Å². The second kappa shape index (κ2) is 5.75. The molecule has 1 N–H and O–H groups in total. The Morgan fingerprint density at radius 1 is 1.17 bits per heavy atom. The Hall–Kier alpha value is -1.01. The number of hydrogen-bond donors (Lipinski definition) is 1. The molecule has 0 atom stereocenters. The van der Waals surface area contributed by atoms with Crippen LogP contribution in [0.2, 0.25) is 0 Å². The number of pyridine rings is 1. The summed E-state index contributed by atoms with van der Waals surface area (Å²) in [4.78, 5) is 4.12. The van der Waals surface area contributed by atoms with Gasteiger partial charge in [-0.1, -0.05) is 0 Å². The molecule has 94 valence electrons. The number of halogens is 4. The summed E-state index contributed by atoms with van der Waals surface area (Å²) < 4.78 is 27.9. The van der Waals surface area contributed by atoms with Crippen LogP contribution in [0.3, 0.4) is 0 Å². The molecular formula is C12H8Br2F2N2. The van der Waals surface area contributed by atoms with E-state index in [1.165, 1.54) is 0 Å². The fourth-order valence-electron chi connectivity index (χ4n) is 1.40. The predicted octanol–water partition coefficient (Wildman–Crippen LogP) is 4.50. The first kappa shape index (κ1) is 13.4. The van der Waals surface area contributed by atoms with E-state index in [1.54, 1.807) is 6.20 Å². The van der Waals surface area contributed by atoms with Crippen molar-refractivity contribution in [3.8, 4) is 0 Å². The van der Waals surface area contributed by atoms with Gasteiger partial charge in [-0.15, -0.1) is 0 Å². The lowest BCUT2D eigenvalue weighted by atomic mass is 10.2. The Bertz CT molecular complexity index is 576. The molecule has 1 heterocycles. The van der Waals surface area contributed by atoms with Crippen molar-refractivity contribution in [3.05, 3.63) is 56.6 Å². The SMILES string of the molecule is Fc1ccc(F)c(CNc2ncc(Br)cc2Br)c1. The Morgan fingerprint density at radius 2 is 1.94 bits per heavy atom. The minimum atomic E-state index is -0.462. The Morgan fingerprint density at radius 3 is 2.67 bits per heavy atom. The van der Waals surface area contributed by atoms with Gasteiger partial charge in [0.15, 0.2) is 0 Å². The fourth-order valence-corrected chi connectivity index (χ4v) is 2.53. The number of hydrogen-bond acceptors (Lipinski definition) is 2. The molecule has 1 aromatic carbocycles. The maximum Gasteiger partial charge on any atom is 0.140 e. The first-order chi connectivity index (χ1) is 8.56. The zero-order valence-corrected chi connectivity index (χ0v) is 12.2. The molecule has 0 fully saturated rings. The van der Waals surface area contributed by atoms with Crippen LogP contribution in [0.15, 0.2) is 39.4 Å². The average Bonchev–Trinajstić information content (AvgIpc) is 2.32. The lowest BCUT2D eigenvalue weighted by Gasteiger charge is -2.08. The summed E-state index contributed by atoms with van der Waals surface area (Å²) in [6, 6.07) is 5.18. The van der Waals surface area contributed by atoms with Crippen molar-refractivity contribution in [3.63, 3.8) is 0 Å². The molecule has 0 saturated heterocycles. The van der Waals surface area contributed by atoms with Gasteiger partial charge in [-0.05, 0) is 56.1 Å². The van der Waals surface area contributed by atoms with Crippen LogP contribution in [-0.4, -0.2) is 4.98 Å². The van der Waals surface area contributed by atoms with Crippen molar-refractivity contribution in [2.24, 2.45) is 0 Å². The molecule has 0 radical (unpaired) electrons. The molecule has 6 heteroatoms. The average molecular weight is 378 g/mol. The van der Waals surface area contributed by atoms with Crippen molar-refractivity contribution < 1.29 is 8.78 Å². The van der Waals surface area contributed by atoms with Crippen LogP contribution >= 0.6 is 31.9 Å². The maximum atomic E-state index is 13.4. The van der Waals surface area contributed by atoms with Crippen molar-refractivity contribution in [1.29, 1.82) is 0 Å². The third-order valence-corrected chi connectivity index (χ3v) is 3.30. The molecule has 2 aromatic rings. The van der Waals surface area contributed by atoms with E-state index in [0.717, 1.165) is 27.1 Å². The summed E-state index contributed by atoms with van der Waals surface area (Å²) in [6.45, 7) is 0.164. The highest BCUT2D eigenvalue weighted by Crippen LogP contribution is 2.24. The lowest BCUT2D eigenvalue weighted by Crippen LogP contribution is -2.04. The van der Waals surface area contributed by atoms with E-state index in [1.807, 2.05) is 6.07 Å². The summed E-state index contributed by atoms with van der Waals surface area (Å²) in [5.74, 6) is -0.338. The van der Waals surface area contributed by atoms with Gasteiger partial charge >= 0.3 is 0 Å². The van der Waals surface area contributed by atoms with Crippen molar-refractivity contribution in [2.75, 3.05) is 5.32 Å². The molecule has 0 aliphatic heterocycles. The lowest BCUT2D eigenvalue weighted by molar-refractivity contribution is 0.587. The highest BCUT2D eigenvalue weighted by molar-refractivity contribution is 9.11. The third kappa shape index (κ3) is 3.26. The van der Waals surface area contributed by atoms with Crippen molar-refractivity contribution in [1.82, 2.24) is 4.98 Å². The molecule has 0 amide bonds. The summed E-state index contributed by atoms with van der Waals surface area (Å²) in [7, 11) is 0. The van der Waals surface area contributed by atoms with Crippen molar-refractivity contribution >= 4 is 37.7 Å². The maximum absolute atomic E-state index is 13.4. The molecule has 0 saturated carbocycles. The summed E-state index contributed by atoms with van der Waals surface area (Å²) >= 11 is 6.61. The van der Waals surface area contributed by atoms with Crippen LogP contribution in [-0.2, 0) is 6.54 Å². The minimum absolute atomic E-state index is 0.164. The molecule has 1 aromatic heterocycles. The number of nitrogens with zero attached hydrogens (tertiary/aromatic N) is 1. The van der Waals surface area contributed by atoms with E-state index >= 15 is 0 Å². The zero-order chi connectivity index (χ0) is 13.1. The van der Waals surface area contributed by atoms with Gasteiger partial charge in [0.25, 0.3) is 0 Å². The van der Waals surface area contributed by atoms with Gasteiger partial charge in [-0.3, -0.25) is 0 Å². The number of nitrogens with one attached hydrogen (secondary N) is 1. The van der Waals surface area contributed by atoms with Gasteiger partial charge in [-0.2, -0.15) is 0 Å². The largest absolute Gasteiger partial charge is 0.365 e. The molecule has 2 rings (SSSR count). The van der Waals surface area contributed by atoms with Gasteiger partial charge in [0.2, 0.25) is 0 Å². The van der Waals surface area contributed by atoms with Crippen LogP contribution in [0.4, 0.5) is 14.6 Å². The Labute approximate surface area is 120 Å². The van der Waals surface area contributed by atoms with Gasteiger partial charge in [-0.25, -0.2) is 13.8 Å². The fraction of sp³-hybridized carbons (Fsp3) is 0.0833. The number of benzene rings is 1. The standard InChI is InChI=1S/C12H8Br2F2N2/c13-8-4-10(14)12(18-6-8)17-5-7-3-9(15)1-2-11(7)16/h1-4,6H,5H2,(H,17,18). The second-order valence-corrected chi connectivity index (χ2v) is 5.34. The van der Waals surface area contributed by atoms with Crippen LogP contribution in [0, 0.1) is 11.6 Å². The molecular weight excluding hydrogens is 370 g/mol. The number of anilines is 1. The molecule has 18 heavy (non-hydrogen) atoms. The smallest absolute Gasteiger partial charge is 0.140 e. The molecule has 0 unspecified atom stereocenters. The Balaban J connectivity index is 2.13. The molecule has 0 aliphatic carbocycles. The van der Waals surface area contributed by atoms with Gasteiger partial charge in [0, 0.05) is 22.8 Å². The number of aromatic nitrogens is 1. The quantitative estimate of drug-likeness (QED) is 0.851. The monoisotopic (exact) mass is 376 g/mol. The first-order valence-corrected chi connectivity index (χ1v) is 6.63. The van der Waals surface area contributed by atoms with Gasteiger partial charge in [0.05, 0.1) is 4.47 Å². The van der Waals surface area contributed by atoms with Crippen LogP contribution < -0.4 is 5.32 Å². The summed E-state index contributed by atoms with van der Waals surface area (Å²) in [6.07, 6.45) is 1.62. The minimum Gasteiger partial charge on any atom is -0.365 e. The number of rotatable bonds is 3. The van der Waals surface area contributed by atoms with E-state index in [9.17, 15) is 8.78 Å². The highest BCUT2D eigenvalue weighted by atomic mass is 79.9. The molecule has 0 bridgehead atoms.